The first kappa shape index (κ1) is 12.0. The zero-order valence-corrected chi connectivity index (χ0v) is 9.12. The molecule has 0 bridgehead atoms. The van der Waals surface area contributed by atoms with Gasteiger partial charge in [-0.2, -0.15) is 0 Å². The van der Waals surface area contributed by atoms with E-state index in [0.29, 0.717) is 0 Å². The molecule has 0 heterocycles. The van der Waals surface area contributed by atoms with Crippen molar-refractivity contribution in [2.75, 3.05) is 41.3 Å². The van der Waals surface area contributed by atoms with Crippen molar-refractivity contribution >= 4 is 0 Å². The quantitative estimate of drug-likeness (QED) is 0.612. The van der Waals surface area contributed by atoms with Crippen LogP contribution in [-0.2, 0) is 0 Å². The van der Waals surface area contributed by atoms with E-state index in [0.717, 1.165) is 13.1 Å². The molecule has 0 amide bonds. The van der Waals surface area contributed by atoms with Crippen molar-refractivity contribution in [3.63, 3.8) is 0 Å². The van der Waals surface area contributed by atoms with Gasteiger partial charge in [0, 0.05) is 41.3 Å². The molecule has 76 valence electrons. The summed E-state index contributed by atoms with van der Waals surface area (Å²) in [5, 5.41) is 3.27. The number of hydrogen-bond donors (Lipinski definition) is 1. The van der Waals surface area contributed by atoms with Crippen LogP contribution in [0.25, 0.3) is 0 Å². The Kier molecular flexibility index (Phi) is 7.11. The molecule has 13 heavy (non-hydrogen) atoms. The van der Waals surface area contributed by atoms with Crippen molar-refractivity contribution in [2.45, 2.75) is 0 Å². The molecule has 0 atom stereocenters. The van der Waals surface area contributed by atoms with E-state index in [4.69, 9.17) is 0 Å². The third-order valence-electron chi connectivity index (χ3n) is 1.33. The fraction of sp³-hybridized carbons (Fsp3) is 0.600. The van der Waals surface area contributed by atoms with Crippen LogP contribution in [0.4, 0.5) is 0 Å². The summed E-state index contributed by atoms with van der Waals surface area (Å²) in [6.07, 6.45) is 8.29. The van der Waals surface area contributed by atoms with Crippen LogP contribution in [0, 0.1) is 0 Å². The van der Waals surface area contributed by atoms with Crippen LogP contribution in [0.3, 0.4) is 0 Å². The van der Waals surface area contributed by atoms with E-state index in [9.17, 15) is 0 Å². The molecular formula is C10H21N3. The smallest absolute Gasteiger partial charge is 0.0155 e. The Balaban J connectivity index is 3.26. The van der Waals surface area contributed by atoms with Crippen LogP contribution in [0.2, 0.25) is 0 Å². The van der Waals surface area contributed by atoms with E-state index in [1.165, 1.54) is 0 Å². The molecule has 3 heteroatoms. The van der Waals surface area contributed by atoms with Crippen LogP contribution in [-0.4, -0.2) is 51.1 Å². The highest BCUT2D eigenvalue weighted by atomic mass is 15.0. The minimum atomic E-state index is 0.913. The summed E-state index contributed by atoms with van der Waals surface area (Å²) in [4.78, 5) is 4.05. The topological polar surface area (TPSA) is 18.5 Å². The first-order chi connectivity index (χ1) is 6.13. The maximum Gasteiger partial charge on any atom is 0.0155 e. The minimum Gasteiger partial charge on any atom is -0.384 e. The first-order valence-corrected chi connectivity index (χ1v) is 4.50. The Morgan fingerprint density at radius 3 is 1.54 bits per heavy atom. The van der Waals surface area contributed by atoms with Gasteiger partial charge in [-0.15, -0.1) is 0 Å². The molecule has 0 aliphatic rings. The summed E-state index contributed by atoms with van der Waals surface area (Å²) < 4.78 is 0. The lowest BCUT2D eigenvalue weighted by Crippen LogP contribution is -2.14. The highest BCUT2D eigenvalue weighted by Crippen LogP contribution is 1.77. The normalized spacial score (nSPS) is 11.4. The standard InChI is InChI=1S/C10H21N3/c1-12(2)9-5-7-11-8-6-10-13(3)4/h5-6,9-11H,7-8H2,1-4H3. The van der Waals surface area contributed by atoms with E-state index in [2.05, 4.69) is 17.5 Å². The highest BCUT2D eigenvalue weighted by Gasteiger charge is 1.79. The molecule has 3 nitrogen and oxygen atoms in total. The van der Waals surface area contributed by atoms with E-state index >= 15 is 0 Å². The molecular weight excluding hydrogens is 162 g/mol. The second-order valence-corrected chi connectivity index (χ2v) is 3.36. The largest absolute Gasteiger partial charge is 0.384 e. The SMILES string of the molecule is CN(C)C=CCNCC=CN(C)C. The average Bonchev–Trinajstić information content (AvgIpc) is 2.01. The second-order valence-electron chi connectivity index (χ2n) is 3.36. The molecule has 0 spiro atoms. The summed E-state index contributed by atoms with van der Waals surface area (Å²) in [6, 6.07) is 0. The van der Waals surface area contributed by atoms with Gasteiger partial charge in [-0.25, -0.2) is 0 Å². The molecule has 0 aliphatic heterocycles. The van der Waals surface area contributed by atoms with E-state index < -0.39 is 0 Å². The van der Waals surface area contributed by atoms with Gasteiger partial charge in [0.05, 0.1) is 0 Å². The van der Waals surface area contributed by atoms with Gasteiger partial charge in [-0.3, -0.25) is 0 Å². The van der Waals surface area contributed by atoms with Crippen LogP contribution >= 0.6 is 0 Å². The Labute approximate surface area is 81.7 Å². The summed E-state index contributed by atoms with van der Waals surface area (Å²) >= 11 is 0. The summed E-state index contributed by atoms with van der Waals surface area (Å²) in [5.74, 6) is 0. The predicted molar refractivity (Wildman–Crippen MR) is 58.5 cm³/mol. The van der Waals surface area contributed by atoms with Gasteiger partial charge in [0.25, 0.3) is 0 Å². The molecule has 0 radical (unpaired) electrons. The van der Waals surface area contributed by atoms with Crippen LogP contribution in [0.5, 0.6) is 0 Å². The van der Waals surface area contributed by atoms with Gasteiger partial charge in [0.2, 0.25) is 0 Å². The maximum atomic E-state index is 3.27. The monoisotopic (exact) mass is 183 g/mol. The van der Waals surface area contributed by atoms with Crippen LogP contribution < -0.4 is 5.32 Å². The molecule has 0 saturated carbocycles. The molecule has 0 aromatic carbocycles. The minimum absolute atomic E-state index is 0.913. The number of nitrogens with one attached hydrogen (secondary N) is 1. The number of rotatable bonds is 6. The van der Waals surface area contributed by atoms with E-state index in [-0.39, 0.29) is 0 Å². The van der Waals surface area contributed by atoms with Crippen molar-refractivity contribution in [3.8, 4) is 0 Å². The molecule has 0 aromatic rings. The highest BCUT2D eigenvalue weighted by molar-refractivity contribution is 4.85. The Bertz CT molecular complexity index is 142. The molecule has 0 unspecified atom stereocenters. The van der Waals surface area contributed by atoms with Gasteiger partial charge in [0.1, 0.15) is 0 Å². The average molecular weight is 183 g/mol. The van der Waals surface area contributed by atoms with E-state index in [1.807, 2.05) is 50.4 Å². The first-order valence-electron chi connectivity index (χ1n) is 4.50. The predicted octanol–water partition coefficient (Wildman–Crippen LogP) is 0.727. The summed E-state index contributed by atoms with van der Waals surface area (Å²) in [7, 11) is 8.07. The number of hydrogen-bond acceptors (Lipinski definition) is 3. The lowest BCUT2D eigenvalue weighted by atomic mass is 10.5. The van der Waals surface area contributed by atoms with Crippen molar-refractivity contribution in [2.24, 2.45) is 0 Å². The van der Waals surface area contributed by atoms with Gasteiger partial charge < -0.3 is 15.1 Å². The van der Waals surface area contributed by atoms with Crippen molar-refractivity contribution in [3.05, 3.63) is 24.6 Å². The molecule has 0 fully saturated rings. The molecule has 1 N–H and O–H groups in total. The third-order valence-corrected chi connectivity index (χ3v) is 1.33. The van der Waals surface area contributed by atoms with Gasteiger partial charge >= 0.3 is 0 Å². The lowest BCUT2D eigenvalue weighted by Gasteiger charge is -2.04. The molecule has 0 aromatic heterocycles. The fourth-order valence-electron chi connectivity index (χ4n) is 0.777. The van der Waals surface area contributed by atoms with Gasteiger partial charge in [0.15, 0.2) is 0 Å². The maximum absolute atomic E-state index is 3.27. The second kappa shape index (κ2) is 7.68. The van der Waals surface area contributed by atoms with Gasteiger partial charge in [-0.1, -0.05) is 12.2 Å². The van der Waals surface area contributed by atoms with Crippen LogP contribution in [0.15, 0.2) is 24.6 Å². The number of nitrogens with zero attached hydrogens (tertiary/aromatic N) is 2. The van der Waals surface area contributed by atoms with Gasteiger partial charge in [-0.05, 0) is 12.4 Å². The zero-order valence-electron chi connectivity index (χ0n) is 9.12. The summed E-state index contributed by atoms with van der Waals surface area (Å²) in [6.45, 7) is 1.83. The van der Waals surface area contributed by atoms with Crippen molar-refractivity contribution in [1.29, 1.82) is 0 Å². The van der Waals surface area contributed by atoms with E-state index in [1.54, 1.807) is 0 Å². The van der Waals surface area contributed by atoms with Crippen molar-refractivity contribution in [1.82, 2.24) is 15.1 Å². The van der Waals surface area contributed by atoms with Crippen LogP contribution in [0.1, 0.15) is 0 Å². The van der Waals surface area contributed by atoms with Crippen molar-refractivity contribution < 1.29 is 0 Å². The Morgan fingerprint density at radius 2 is 1.23 bits per heavy atom. The lowest BCUT2D eigenvalue weighted by molar-refractivity contribution is 0.558. The third kappa shape index (κ3) is 11.0. The summed E-state index contributed by atoms with van der Waals surface area (Å²) in [5.41, 5.74) is 0. The molecule has 0 aliphatic carbocycles. The molecule has 0 rings (SSSR count). The fourth-order valence-corrected chi connectivity index (χ4v) is 0.777. The Morgan fingerprint density at radius 1 is 0.846 bits per heavy atom. The zero-order chi connectivity index (χ0) is 10.1. The Hall–Kier alpha value is -0.960. The molecule has 0 saturated heterocycles.